The number of nitriles is 1. The van der Waals surface area contributed by atoms with E-state index in [2.05, 4.69) is 5.32 Å². The maximum Gasteiger partial charge on any atom is 0.300 e. The lowest BCUT2D eigenvalue weighted by molar-refractivity contribution is -0.393. The highest BCUT2D eigenvalue weighted by molar-refractivity contribution is 6.05. The second-order valence-electron chi connectivity index (χ2n) is 5.99. The average Bonchev–Trinajstić information content (AvgIpc) is 2.72. The first-order chi connectivity index (χ1) is 14.6. The molecule has 3 aromatic carbocycles. The Kier molecular flexibility index (Phi) is 5.09. The van der Waals surface area contributed by atoms with Gasteiger partial charge in [0.2, 0.25) is 0 Å². The molecule has 0 fully saturated rings. The van der Waals surface area contributed by atoms with Crippen LogP contribution in [0.25, 0.3) is 10.8 Å². The molecule has 0 radical (unpaired) electrons. The summed E-state index contributed by atoms with van der Waals surface area (Å²) in [5, 5.41) is 57.3. The lowest BCUT2D eigenvalue weighted by Crippen LogP contribution is -2.05. The number of non-ortho nitro benzene ring substituents is 2. The number of nitro groups is 4. The van der Waals surface area contributed by atoms with Crippen LogP contribution in [0.5, 0.6) is 0 Å². The fourth-order valence-corrected chi connectivity index (χ4v) is 2.97. The van der Waals surface area contributed by atoms with Crippen LogP contribution in [0.2, 0.25) is 0 Å². The van der Waals surface area contributed by atoms with Gasteiger partial charge in [-0.15, -0.1) is 0 Å². The molecule has 1 N–H and O–H groups in total. The summed E-state index contributed by atoms with van der Waals surface area (Å²) >= 11 is 0. The Morgan fingerprint density at radius 2 is 1.26 bits per heavy atom. The first-order valence-corrected chi connectivity index (χ1v) is 8.14. The number of nitrogens with one attached hydrogen (secondary N) is 1. The van der Waals surface area contributed by atoms with Crippen molar-refractivity contribution in [2.75, 3.05) is 5.32 Å². The molecule has 14 nitrogen and oxygen atoms in total. The quantitative estimate of drug-likeness (QED) is 0.442. The summed E-state index contributed by atoms with van der Waals surface area (Å²) in [6.45, 7) is 0. The predicted molar refractivity (Wildman–Crippen MR) is 105 cm³/mol. The molecule has 0 amide bonds. The van der Waals surface area contributed by atoms with Gasteiger partial charge in [0.15, 0.2) is 0 Å². The average molecular weight is 424 g/mol. The minimum atomic E-state index is -0.990. The number of benzene rings is 3. The molecular formula is C17H8N6O8. The number of fused-ring (bicyclic) bond motifs is 1. The monoisotopic (exact) mass is 424 g/mol. The molecule has 0 aliphatic carbocycles. The Hall–Kier alpha value is -5.19. The zero-order chi connectivity index (χ0) is 22.9. The summed E-state index contributed by atoms with van der Waals surface area (Å²) in [6, 6.07) is 9.19. The van der Waals surface area contributed by atoms with Gasteiger partial charge in [-0.2, -0.15) is 5.26 Å². The Morgan fingerprint density at radius 3 is 1.77 bits per heavy atom. The van der Waals surface area contributed by atoms with E-state index in [-0.39, 0.29) is 16.5 Å². The molecule has 0 aliphatic rings. The molecule has 0 spiro atoms. The molecule has 14 heteroatoms. The van der Waals surface area contributed by atoms with Gasteiger partial charge in [-0.3, -0.25) is 40.5 Å². The van der Waals surface area contributed by atoms with Gasteiger partial charge in [-0.05, 0) is 6.07 Å². The number of hydrogen-bond acceptors (Lipinski definition) is 10. The van der Waals surface area contributed by atoms with Crippen LogP contribution < -0.4 is 5.32 Å². The van der Waals surface area contributed by atoms with Gasteiger partial charge in [0.05, 0.1) is 42.8 Å². The summed E-state index contributed by atoms with van der Waals surface area (Å²) in [5.41, 5.74) is -4.33. The van der Waals surface area contributed by atoms with E-state index in [1.807, 2.05) is 0 Å². The van der Waals surface area contributed by atoms with Gasteiger partial charge >= 0.3 is 5.69 Å². The minimum absolute atomic E-state index is 0.00340. The summed E-state index contributed by atoms with van der Waals surface area (Å²) in [5.74, 6) is 0. The molecule has 0 bridgehead atoms. The van der Waals surface area contributed by atoms with Crippen molar-refractivity contribution in [3.63, 3.8) is 0 Å². The Bertz CT molecular complexity index is 1350. The fraction of sp³-hybridized carbons (Fsp3) is 0. The van der Waals surface area contributed by atoms with Crippen LogP contribution in [0, 0.1) is 51.8 Å². The van der Waals surface area contributed by atoms with Gasteiger partial charge in [0, 0.05) is 11.5 Å². The molecule has 154 valence electrons. The highest BCUT2D eigenvalue weighted by atomic mass is 16.6. The largest absolute Gasteiger partial charge is 0.343 e. The molecule has 3 rings (SSSR count). The number of anilines is 2. The van der Waals surface area contributed by atoms with Crippen molar-refractivity contribution in [1.82, 2.24) is 0 Å². The number of hydrogen-bond donors (Lipinski definition) is 1. The predicted octanol–water partition coefficient (Wildman–Crippen LogP) is 4.09. The van der Waals surface area contributed by atoms with Crippen molar-refractivity contribution in [1.29, 1.82) is 5.26 Å². The first kappa shape index (κ1) is 20.5. The summed E-state index contributed by atoms with van der Waals surface area (Å²) < 4.78 is 0. The van der Waals surface area contributed by atoms with E-state index in [0.29, 0.717) is 12.1 Å². The second kappa shape index (κ2) is 7.67. The third-order valence-electron chi connectivity index (χ3n) is 4.28. The highest BCUT2D eigenvalue weighted by Gasteiger charge is 2.30. The lowest BCUT2D eigenvalue weighted by Gasteiger charge is -2.12. The third-order valence-corrected chi connectivity index (χ3v) is 4.28. The van der Waals surface area contributed by atoms with Crippen molar-refractivity contribution >= 4 is 44.9 Å². The van der Waals surface area contributed by atoms with Crippen molar-refractivity contribution in [3.05, 3.63) is 88.5 Å². The minimum Gasteiger partial charge on any atom is -0.343 e. The van der Waals surface area contributed by atoms with Crippen LogP contribution in [-0.2, 0) is 0 Å². The maximum absolute atomic E-state index is 11.6. The molecule has 0 unspecified atom stereocenters. The van der Waals surface area contributed by atoms with Crippen LogP contribution in [0.3, 0.4) is 0 Å². The molecule has 3 aromatic rings. The molecular weight excluding hydrogens is 416 g/mol. The molecule has 0 aliphatic heterocycles. The van der Waals surface area contributed by atoms with Gasteiger partial charge in [-0.1, -0.05) is 18.2 Å². The standard InChI is InChI=1S/C17H8N6O8/c18-8-9-5-10(20(24)25)6-14(22(28)29)16(9)19-17-12-4-2-1-3-11(12)13(21(26)27)7-15(17)23(30)31/h1-7,19H. The number of nitro benzene ring substituents is 4. The van der Waals surface area contributed by atoms with Crippen molar-refractivity contribution in [3.8, 4) is 6.07 Å². The molecule has 0 saturated carbocycles. The Labute approximate surface area is 170 Å². The molecule has 0 aromatic heterocycles. The van der Waals surface area contributed by atoms with Crippen molar-refractivity contribution in [2.24, 2.45) is 0 Å². The summed E-state index contributed by atoms with van der Waals surface area (Å²) in [4.78, 5) is 41.8. The Morgan fingerprint density at radius 1 is 0.710 bits per heavy atom. The normalized spacial score (nSPS) is 10.3. The molecule has 0 atom stereocenters. The smallest absolute Gasteiger partial charge is 0.300 e. The van der Waals surface area contributed by atoms with E-state index in [4.69, 9.17) is 0 Å². The zero-order valence-corrected chi connectivity index (χ0v) is 15.0. The topological polar surface area (TPSA) is 208 Å². The third kappa shape index (κ3) is 3.61. The van der Waals surface area contributed by atoms with Crippen LogP contribution in [-0.4, -0.2) is 19.7 Å². The maximum atomic E-state index is 11.6. The molecule has 0 saturated heterocycles. The SMILES string of the molecule is N#Cc1cc([N+](=O)[O-])cc([N+](=O)[O-])c1Nc1c([N+](=O)[O-])cc([N+](=O)[O-])c2ccccc12. The summed E-state index contributed by atoms with van der Waals surface area (Å²) in [6.07, 6.45) is 0. The van der Waals surface area contributed by atoms with E-state index < -0.39 is 53.7 Å². The van der Waals surface area contributed by atoms with Gasteiger partial charge in [-0.25, -0.2) is 0 Å². The van der Waals surface area contributed by atoms with E-state index in [0.717, 1.165) is 6.07 Å². The van der Waals surface area contributed by atoms with Crippen LogP contribution >= 0.6 is 0 Å². The van der Waals surface area contributed by atoms with Crippen LogP contribution in [0.15, 0.2) is 42.5 Å². The van der Waals surface area contributed by atoms with E-state index in [1.54, 1.807) is 6.07 Å². The highest BCUT2D eigenvalue weighted by Crippen LogP contribution is 2.43. The van der Waals surface area contributed by atoms with Gasteiger partial charge in [0.25, 0.3) is 17.1 Å². The van der Waals surface area contributed by atoms with Gasteiger partial charge in [0.1, 0.15) is 17.4 Å². The van der Waals surface area contributed by atoms with E-state index in [1.165, 1.54) is 24.3 Å². The van der Waals surface area contributed by atoms with E-state index in [9.17, 15) is 45.7 Å². The van der Waals surface area contributed by atoms with Crippen LogP contribution in [0.4, 0.5) is 34.1 Å². The Balaban J connectivity index is 2.39. The lowest BCUT2D eigenvalue weighted by atomic mass is 10.0. The number of rotatable bonds is 6. The van der Waals surface area contributed by atoms with Crippen molar-refractivity contribution < 1.29 is 19.7 Å². The van der Waals surface area contributed by atoms with Crippen LogP contribution in [0.1, 0.15) is 5.56 Å². The fourth-order valence-electron chi connectivity index (χ4n) is 2.97. The molecule has 31 heavy (non-hydrogen) atoms. The zero-order valence-electron chi connectivity index (χ0n) is 15.0. The van der Waals surface area contributed by atoms with E-state index >= 15 is 0 Å². The second-order valence-corrected chi connectivity index (χ2v) is 5.99. The number of nitrogens with zero attached hydrogens (tertiary/aromatic N) is 5. The van der Waals surface area contributed by atoms with Crippen molar-refractivity contribution in [2.45, 2.75) is 0 Å². The van der Waals surface area contributed by atoms with Gasteiger partial charge < -0.3 is 5.32 Å². The first-order valence-electron chi connectivity index (χ1n) is 8.14. The molecule has 0 heterocycles. The summed E-state index contributed by atoms with van der Waals surface area (Å²) in [7, 11) is 0.